The van der Waals surface area contributed by atoms with Crippen molar-refractivity contribution in [3.8, 4) is 11.4 Å². The molecule has 0 atom stereocenters. The van der Waals surface area contributed by atoms with E-state index in [-0.39, 0.29) is 23.2 Å². The third kappa shape index (κ3) is 4.83. The van der Waals surface area contributed by atoms with Crippen LogP contribution in [0.15, 0.2) is 56.8 Å². The highest BCUT2D eigenvalue weighted by molar-refractivity contribution is 7.98. The van der Waals surface area contributed by atoms with Gasteiger partial charge in [0.15, 0.2) is 0 Å². The Morgan fingerprint density at radius 1 is 1.18 bits per heavy atom. The number of benzene rings is 2. The van der Waals surface area contributed by atoms with E-state index in [1.807, 2.05) is 37.4 Å². The average Bonchev–Trinajstić information content (AvgIpc) is 3.51. The Bertz CT molecular complexity index is 1270. The summed E-state index contributed by atoms with van der Waals surface area (Å²) in [6.45, 7) is 3.26. The summed E-state index contributed by atoms with van der Waals surface area (Å²) < 4.78 is 33.0. The van der Waals surface area contributed by atoms with Crippen molar-refractivity contribution in [3.05, 3.63) is 59.5 Å². The molecule has 4 rings (SSSR count). The van der Waals surface area contributed by atoms with Gasteiger partial charge in [0.1, 0.15) is 0 Å². The molecule has 10 heteroatoms. The van der Waals surface area contributed by atoms with Crippen LogP contribution in [0.4, 0.5) is 0 Å². The molecule has 174 valence electrons. The zero-order valence-electron chi connectivity index (χ0n) is 18.8. The minimum absolute atomic E-state index is 0.0592. The molecule has 3 aromatic rings. The summed E-state index contributed by atoms with van der Waals surface area (Å²) in [5.74, 6) is 0.474. The fraction of sp³-hybridized carbons (Fsp3) is 0.348. The third-order valence-electron chi connectivity index (χ3n) is 5.71. The monoisotopic (exact) mass is 486 g/mol. The molecule has 1 saturated heterocycles. The molecule has 2 heterocycles. The highest BCUT2D eigenvalue weighted by Gasteiger charge is 2.27. The maximum Gasteiger partial charge on any atom is 0.255 e. The first-order valence-electron chi connectivity index (χ1n) is 10.6. The van der Waals surface area contributed by atoms with Crippen LogP contribution in [0.1, 0.15) is 34.7 Å². The van der Waals surface area contributed by atoms with Crippen LogP contribution in [-0.4, -0.2) is 60.1 Å². The second-order valence-corrected chi connectivity index (χ2v) is 10.8. The Morgan fingerprint density at radius 3 is 2.61 bits per heavy atom. The Kier molecular flexibility index (Phi) is 6.87. The molecule has 1 amide bonds. The number of nitrogens with zero attached hydrogens (tertiary/aromatic N) is 4. The number of hydrogen-bond donors (Lipinski definition) is 0. The van der Waals surface area contributed by atoms with E-state index >= 15 is 0 Å². The molecule has 1 aliphatic rings. The second-order valence-electron chi connectivity index (χ2n) is 7.95. The molecule has 0 saturated carbocycles. The van der Waals surface area contributed by atoms with Crippen molar-refractivity contribution < 1.29 is 17.7 Å². The summed E-state index contributed by atoms with van der Waals surface area (Å²) in [7, 11) is -2.42. The van der Waals surface area contributed by atoms with Gasteiger partial charge in [0, 0.05) is 30.6 Å². The number of hydrogen-bond acceptors (Lipinski definition) is 7. The van der Waals surface area contributed by atoms with Gasteiger partial charge in [-0.15, -0.1) is 11.8 Å². The van der Waals surface area contributed by atoms with Crippen LogP contribution in [-0.2, 0) is 16.6 Å². The number of rotatable bonds is 7. The lowest BCUT2D eigenvalue weighted by molar-refractivity contribution is 0.0789. The third-order valence-corrected chi connectivity index (χ3v) is 8.31. The van der Waals surface area contributed by atoms with E-state index < -0.39 is 10.0 Å². The van der Waals surface area contributed by atoms with Gasteiger partial charge in [-0.2, -0.15) is 9.29 Å². The molecule has 1 aromatic heterocycles. The largest absolute Gasteiger partial charge is 0.339 e. The molecule has 0 unspecified atom stereocenters. The van der Waals surface area contributed by atoms with E-state index in [2.05, 4.69) is 10.1 Å². The molecule has 33 heavy (non-hydrogen) atoms. The van der Waals surface area contributed by atoms with Gasteiger partial charge in [-0.1, -0.05) is 29.4 Å². The van der Waals surface area contributed by atoms with Gasteiger partial charge < -0.3 is 9.42 Å². The van der Waals surface area contributed by atoms with E-state index in [1.54, 1.807) is 11.0 Å². The Morgan fingerprint density at radius 2 is 1.91 bits per heavy atom. The first-order valence-corrected chi connectivity index (χ1v) is 13.3. The van der Waals surface area contributed by atoms with Gasteiger partial charge in [0.05, 0.1) is 17.0 Å². The topological polar surface area (TPSA) is 96.6 Å². The van der Waals surface area contributed by atoms with E-state index in [1.165, 1.54) is 30.9 Å². The molecule has 0 radical (unpaired) electrons. The van der Waals surface area contributed by atoms with Gasteiger partial charge in [0.25, 0.3) is 5.91 Å². The van der Waals surface area contributed by atoms with E-state index in [4.69, 9.17) is 4.52 Å². The zero-order valence-corrected chi connectivity index (χ0v) is 20.4. The molecular weight excluding hydrogens is 460 g/mol. The first kappa shape index (κ1) is 23.5. The number of likely N-dealkylation sites (tertiary alicyclic amines) is 1. The maximum atomic E-state index is 13.3. The van der Waals surface area contributed by atoms with Crippen LogP contribution in [0.2, 0.25) is 0 Å². The highest BCUT2D eigenvalue weighted by atomic mass is 32.2. The number of carbonyl (C=O) groups is 1. The van der Waals surface area contributed by atoms with Crippen molar-refractivity contribution in [2.45, 2.75) is 36.1 Å². The normalized spacial score (nSPS) is 14.2. The molecule has 1 aliphatic heterocycles. The summed E-state index contributed by atoms with van der Waals surface area (Å²) in [5.41, 5.74) is 2.24. The van der Waals surface area contributed by atoms with Crippen LogP contribution in [0.5, 0.6) is 0 Å². The molecule has 0 aliphatic carbocycles. The van der Waals surface area contributed by atoms with E-state index in [9.17, 15) is 13.2 Å². The fourth-order valence-corrected chi connectivity index (χ4v) is 5.53. The summed E-state index contributed by atoms with van der Waals surface area (Å²) >= 11 is 1.43. The van der Waals surface area contributed by atoms with Crippen LogP contribution in [0.25, 0.3) is 11.4 Å². The van der Waals surface area contributed by atoms with Crippen LogP contribution < -0.4 is 0 Å². The lowest BCUT2D eigenvalue weighted by atomic mass is 10.1. The number of thioether (sulfide) groups is 1. The minimum atomic E-state index is -3.88. The number of amides is 1. The van der Waals surface area contributed by atoms with E-state index in [0.29, 0.717) is 24.5 Å². The van der Waals surface area contributed by atoms with E-state index in [0.717, 1.165) is 33.2 Å². The van der Waals surface area contributed by atoms with Crippen molar-refractivity contribution in [1.29, 1.82) is 0 Å². The van der Waals surface area contributed by atoms with Gasteiger partial charge in [0.2, 0.25) is 21.7 Å². The quantitative estimate of drug-likeness (QED) is 0.468. The van der Waals surface area contributed by atoms with Gasteiger partial charge >= 0.3 is 0 Å². The highest BCUT2D eigenvalue weighted by Crippen LogP contribution is 2.28. The molecule has 0 spiro atoms. The predicted octanol–water partition coefficient (Wildman–Crippen LogP) is 3.82. The van der Waals surface area contributed by atoms with Crippen molar-refractivity contribution in [1.82, 2.24) is 19.3 Å². The maximum absolute atomic E-state index is 13.3. The number of aromatic nitrogens is 2. The van der Waals surface area contributed by atoms with Crippen LogP contribution >= 0.6 is 11.8 Å². The molecule has 2 aromatic carbocycles. The second kappa shape index (κ2) is 9.66. The van der Waals surface area contributed by atoms with Gasteiger partial charge in [-0.25, -0.2) is 8.42 Å². The fourth-order valence-electron chi connectivity index (χ4n) is 3.81. The van der Waals surface area contributed by atoms with Gasteiger partial charge in [-0.3, -0.25) is 4.79 Å². The SMILES string of the molecule is CSc1ccc(S(=O)(=O)N(C)Cc2nc(-c3ccccc3C)no2)cc1C(=O)N1CCCC1. The number of carbonyl (C=O) groups excluding carboxylic acids is 1. The van der Waals surface area contributed by atoms with Crippen LogP contribution in [0, 0.1) is 6.92 Å². The Balaban J connectivity index is 1.57. The summed E-state index contributed by atoms with van der Waals surface area (Å²) in [6.07, 6.45) is 3.81. The average molecular weight is 487 g/mol. The Hall–Kier alpha value is -2.69. The standard InChI is InChI=1S/C23H26N4O4S2/c1-16-8-4-5-9-18(16)22-24-21(31-25-22)15-26(2)33(29,30)17-10-11-20(32-3)19(14-17)23(28)27-12-6-7-13-27/h4-5,8-11,14H,6-7,12-13,15H2,1-3H3. The molecule has 0 bridgehead atoms. The molecule has 0 N–H and O–H groups in total. The molecular formula is C23H26N4O4S2. The van der Waals surface area contributed by atoms with Gasteiger partial charge in [-0.05, 0) is 49.8 Å². The van der Waals surface area contributed by atoms with Crippen LogP contribution in [0.3, 0.4) is 0 Å². The van der Waals surface area contributed by atoms with Crippen molar-refractivity contribution in [2.24, 2.45) is 0 Å². The van der Waals surface area contributed by atoms with Crippen molar-refractivity contribution >= 4 is 27.7 Å². The number of sulfonamides is 1. The first-order chi connectivity index (χ1) is 15.8. The van der Waals surface area contributed by atoms with Crippen molar-refractivity contribution in [2.75, 3.05) is 26.4 Å². The lowest BCUT2D eigenvalue weighted by Crippen LogP contribution is -2.29. The molecule has 1 fully saturated rings. The summed E-state index contributed by atoms with van der Waals surface area (Å²) in [6, 6.07) is 12.3. The van der Waals surface area contributed by atoms with Crippen molar-refractivity contribution in [3.63, 3.8) is 0 Å². The number of aryl methyl sites for hydroxylation is 1. The Labute approximate surface area is 198 Å². The lowest BCUT2D eigenvalue weighted by Gasteiger charge is -2.19. The summed E-state index contributed by atoms with van der Waals surface area (Å²) in [5, 5.41) is 4.00. The zero-order chi connectivity index (χ0) is 23.6. The summed E-state index contributed by atoms with van der Waals surface area (Å²) in [4.78, 5) is 20.0. The minimum Gasteiger partial charge on any atom is -0.339 e. The predicted molar refractivity (Wildman–Crippen MR) is 126 cm³/mol. The smallest absolute Gasteiger partial charge is 0.255 e. The molecule has 8 nitrogen and oxygen atoms in total.